The second kappa shape index (κ2) is 5.40. The molecule has 1 atom stereocenters. The Labute approximate surface area is 102 Å². The van der Waals surface area contributed by atoms with E-state index in [1.165, 1.54) is 22.6 Å². The van der Waals surface area contributed by atoms with Crippen molar-refractivity contribution in [3.63, 3.8) is 0 Å². The van der Waals surface area contributed by atoms with Gasteiger partial charge in [-0.15, -0.1) is 11.3 Å². The van der Waals surface area contributed by atoms with Crippen LogP contribution in [-0.2, 0) is 11.2 Å². The van der Waals surface area contributed by atoms with Crippen LogP contribution in [0.25, 0.3) is 0 Å². The Morgan fingerprint density at radius 1 is 1.40 bits per heavy atom. The monoisotopic (exact) mass is 242 g/mol. The van der Waals surface area contributed by atoms with E-state index in [4.69, 9.17) is 0 Å². The molecule has 0 aliphatic heterocycles. The molecular weight excluding hydrogens is 220 g/mol. The summed E-state index contributed by atoms with van der Waals surface area (Å²) in [4.78, 5) is 1.52. The van der Waals surface area contributed by atoms with E-state index in [1.807, 2.05) is 11.3 Å². The third-order valence-corrected chi connectivity index (χ3v) is 5.10. The zero-order chi connectivity index (χ0) is 11.5. The van der Waals surface area contributed by atoms with E-state index >= 15 is 0 Å². The Morgan fingerprint density at radius 3 is 2.53 bits per heavy atom. The average Bonchev–Trinajstić information content (AvgIpc) is 2.61. The van der Waals surface area contributed by atoms with Gasteiger partial charge in [0.25, 0.3) is 0 Å². The van der Waals surface area contributed by atoms with Crippen LogP contribution in [0.1, 0.15) is 51.5 Å². The summed E-state index contributed by atoms with van der Waals surface area (Å²) in [5.74, 6) is 1.18. The number of rotatable bonds is 4. The van der Waals surface area contributed by atoms with Gasteiger partial charge in [-0.05, 0) is 28.8 Å². The number of hydrogen-bond donors (Lipinski definition) is 0. The van der Waals surface area contributed by atoms with E-state index in [-0.39, 0.29) is 0 Å². The molecule has 0 radical (unpaired) electrons. The van der Waals surface area contributed by atoms with Crippen molar-refractivity contribution in [2.24, 2.45) is 0 Å². The van der Waals surface area contributed by atoms with E-state index in [1.54, 1.807) is 0 Å². The minimum absolute atomic E-state index is 0.301. The Hall–Kier alpha value is 0.0500. The lowest BCUT2D eigenvalue weighted by Crippen LogP contribution is -2.09. The van der Waals surface area contributed by atoms with Crippen LogP contribution in [0.5, 0.6) is 0 Å². The standard InChI is InChI=1S/C13H22S2/c1-6-10(2)14-9-12-7-11(8-15-12)13(3,4)5/h7-8,10H,6,9H2,1-5H3. The summed E-state index contributed by atoms with van der Waals surface area (Å²) in [7, 11) is 0. The summed E-state index contributed by atoms with van der Waals surface area (Å²) >= 11 is 3.97. The topological polar surface area (TPSA) is 0 Å². The predicted molar refractivity (Wildman–Crippen MR) is 74.1 cm³/mol. The molecular formula is C13H22S2. The SMILES string of the molecule is CCC(C)SCc1cc(C(C)(C)C)cs1. The fourth-order valence-electron chi connectivity index (χ4n) is 1.19. The minimum atomic E-state index is 0.301. The van der Waals surface area contributed by atoms with Crippen molar-refractivity contribution >= 4 is 23.1 Å². The van der Waals surface area contributed by atoms with Crippen LogP contribution >= 0.6 is 23.1 Å². The molecule has 1 heterocycles. The highest BCUT2D eigenvalue weighted by atomic mass is 32.2. The van der Waals surface area contributed by atoms with Crippen LogP contribution < -0.4 is 0 Å². The van der Waals surface area contributed by atoms with Crippen molar-refractivity contribution in [2.45, 2.75) is 57.5 Å². The lowest BCUT2D eigenvalue weighted by molar-refractivity contribution is 0.592. The normalized spacial score (nSPS) is 14.2. The van der Waals surface area contributed by atoms with Crippen LogP contribution in [0.4, 0.5) is 0 Å². The maximum atomic E-state index is 2.38. The first-order chi connectivity index (χ1) is 6.93. The zero-order valence-corrected chi connectivity index (χ0v) is 12.1. The Kier molecular flexibility index (Phi) is 4.72. The number of thiophene rings is 1. The van der Waals surface area contributed by atoms with E-state index in [2.05, 4.69) is 57.8 Å². The fourth-order valence-corrected chi connectivity index (χ4v) is 3.33. The van der Waals surface area contributed by atoms with Crippen molar-refractivity contribution in [1.29, 1.82) is 0 Å². The molecule has 0 aromatic carbocycles. The highest BCUT2D eigenvalue weighted by Crippen LogP contribution is 2.30. The molecule has 0 saturated carbocycles. The molecule has 0 fully saturated rings. The summed E-state index contributed by atoms with van der Waals surface area (Å²) < 4.78 is 0. The van der Waals surface area contributed by atoms with Gasteiger partial charge in [-0.1, -0.05) is 34.6 Å². The van der Waals surface area contributed by atoms with Gasteiger partial charge in [0, 0.05) is 15.9 Å². The van der Waals surface area contributed by atoms with Crippen LogP contribution in [-0.4, -0.2) is 5.25 Å². The molecule has 0 nitrogen and oxygen atoms in total. The van der Waals surface area contributed by atoms with Gasteiger partial charge in [0.1, 0.15) is 0 Å². The van der Waals surface area contributed by atoms with Crippen molar-refractivity contribution < 1.29 is 0 Å². The van der Waals surface area contributed by atoms with Crippen LogP contribution in [0, 0.1) is 0 Å². The van der Waals surface area contributed by atoms with Crippen molar-refractivity contribution in [3.05, 3.63) is 21.9 Å². The molecule has 1 aromatic heterocycles. The second-order valence-corrected chi connectivity index (χ2v) is 7.50. The van der Waals surface area contributed by atoms with Crippen molar-refractivity contribution in [1.82, 2.24) is 0 Å². The molecule has 0 aliphatic rings. The summed E-state index contributed by atoms with van der Waals surface area (Å²) in [5.41, 5.74) is 1.78. The van der Waals surface area contributed by atoms with Crippen LogP contribution in [0.15, 0.2) is 11.4 Å². The maximum Gasteiger partial charge on any atom is 0.0281 e. The first kappa shape index (κ1) is 13.1. The third-order valence-electron chi connectivity index (χ3n) is 2.60. The van der Waals surface area contributed by atoms with E-state index in [0.29, 0.717) is 5.41 Å². The summed E-state index contributed by atoms with van der Waals surface area (Å²) in [6.07, 6.45) is 1.27. The zero-order valence-electron chi connectivity index (χ0n) is 10.5. The van der Waals surface area contributed by atoms with E-state index in [9.17, 15) is 0 Å². The summed E-state index contributed by atoms with van der Waals surface area (Å²) in [6.45, 7) is 11.4. The van der Waals surface area contributed by atoms with Crippen LogP contribution in [0.2, 0.25) is 0 Å². The molecule has 1 rings (SSSR count). The molecule has 0 aliphatic carbocycles. The highest BCUT2D eigenvalue weighted by molar-refractivity contribution is 7.99. The van der Waals surface area contributed by atoms with Crippen LogP contribution in [0.3, 0.4) is 0 Å². The third kappa shape index (κ3) is 4.20. The van der Waals surface area contributed by atoms with Gasteiger partial charge in [-0.25, -0.2) is 0 Å². The lowest BCUT2D eigenvalue weighted by Gasteiger charge is -2.15. The molecule has 0 bridgehead atoms. The molecule has 1 aromatic rings. The van der Waals surface area contributed by atoms with Gasteiger partial charge in [0.15, 0.2) is 0 Å². The molecule has 86 valence electrons. The van der Waals surface area contributed by atoms with E-state index in [0.717, 1.165) is 5.25 Å². The molecule has 2 heteroatoms. The summed E-state index contributed by atoms with van der Waals surface area (Å²) in [6, 6.07) is 2.38. The molecule has 0 spiro atoms. The quantitative estimate of drug-likeness (QED) is 0.709. The second-order valence-electron chi connectivity index (χ2n) is 5.08. The smallest absolute Gasteiger partial charge is 0.0281 e. The highest BCUT2D eigenvalue weighted by Gasteiger charge is 2.15. The lowest BCUT2D eigenvalue weighted by atomic mass is 9.89. The molecule has 0 N–H and O–H groups in total. The first-order valence-electron chi connectivity index (χ1n) is 5.63. The van der Waals surface area contributed by atoms with Crippen molar-refractivity contribution in [3.8, 4) is 0 Å². The average molecular weight is 242 g/mol. The Morgan fingerprint density at radius 2 is 2.07 bits per heavy atom. The summed E-state index contributed by atoms with van der Waals surface area (Å²) in [5, 5.41) is 3.09. The number of thioether (sulfide) groups is 1. The van der Waals surface area contributed by atoms with Gasteiger partial charge >= 0.3 is 0 Å². The fraction of sp³-hybridized carbons (Fsp3) is 0.692. The predicted octanol–water partition coefficient (Wildman–Crippen LogP) is 5.08. The minimum Gasteiger partial charge on any atom is -0.153 e. The van der Waals surface area contributed by atoms with Crippen molar-refractivity contribution in [2.75, 3.05) is 0 Å². The number of hydrogen-bond acceptors (Lipinski definition) is 2. The van der Waals surface area contributed by atoms with Gasteiger partial charge in [0.05, 0.1) is 0 Å². The largest absolute Gasteiger partial charge is 0.153 e. The Balaban J connectivity index is 2.54. The van der Waals surface area contributed by atoms with Gasteiger partial charge < -0.3 is 0 Å². The van der Waals surface area contributed by atoms with Gasteiger partial charge in [-0.3, -0.25) is 0 Å². The van der Waals surface area contributed by atoms with Gasteiger partial charge in [-0.2, -0.15) is 11.8 Å². The first-order valence-corrected chi connectivity index (χ1v) is 7.55. The molecule has 1 unspecified atom stereocenters. The van der Waals surface area contributed by atoms with Gasteiger partial charge in [0.2, 0.25) is 0 Å². The molecule has 0 saturated heterocycles. The van der Waals surface area contributed by atoms with E-state index < -0.39 is 0 Å². The molecule has 0 amide bonds. The molecule has 15 heavy (non-hydrogen) atoms. The maximum absolute atomic E-state index is 2.38. The Bertz CT molecular complexity index is 294.